The lowest BCUT2D eigenvalue weighted by molar-refractivity contribution is 0.673. The second-order valence-corrected chi connectivity index (χ2v) is 13.4. The third-order valence-electron chi connectivity index (χ3n) is 10.0. The summed E-state index contributed by atoms with van der Waals surface area (Å²) in [7, 11) is 0. The van der Waals surface area contributed by atoms with E-state index in [0.717, 1.165) is 83.4 Å². The van der Waals surface area contributed by atoms with Crippen LogP contribution in [0.1, 0.15) is 0 Å². The fourth-order valence-electron chi connectivity index (χ4n) is 7.45. The van der Waals surface area contributed by atoms with Crippen molar-refractivity contribution >= 4 is 49.8 Å². The summed E-state index contributed by atoms with van der Waals surface area (Å²) >= 11 is 0. The smallest absolute Gasteiger partial charge is 0.160 e. The van der Waals surface area contributed by atoms with Crippen molar-refractivity contribution in [3.63, 3.8) is 0 Å². The first-order valence-electron chi connectivity index (χ1n) is 18.2. The molecule has 0 aliphatic carbocycles. The molecule has 10 aromatic rings. The summed E-state index contributed by atoms with van der Waals surface area (Å²) in [5.41, 5.74) is 11.8. The van der Waals surface area contributed by atoms with E-state index < -0.39 is 0 Å². The lowest BCUT2D eigenvalue weighted by Crippen LogP contribution is -2.10. The Morgan fingerprint density at radius 2 is 0.963 bits per heavy atom. The zero-order chi connectivity index (χ0) is 35.8. The van der Waals surface area contributed by atoms with Crippen molar-refractivity contribution in [2.75, 3.05) is 4.90 Å². The number of rotatable bonds is 7. The summed E-state index contributed by atoms with van der Waals surface area (Å²) in [6, 6.07) is 69.6. The molecule has 4 heteroatoms. The number of furan rings is 1. The summed E-state index contributed by atoms with van der Waals surface area (Å²) in [4.78, 5) is 12.6. The molecule has 2 aromatic heterocycles. The monoisotopic (exact) mass is 691 g/mol. The molecule has 0 aliphatic rings. The van der Waals surface area contributed by atoms with Crippen LogP contribution < -0.4 is 4.90 Å². The van der Waals surface area contributed by atoms with E-state index in [9.17, 15) is 0 Å². The highest BCUT2D eigenvalue weighted by Crippen LogP contribution is 2.47. The molecular formula is C50H33N3O. The van der Waals surface area contributed by atoms with Gasteiger partial charge >= 0.3 is 0 Å². The van der Waals surface area contributed by atoms with Gasteiger partial charge in [-0.05, 0) is 65.0 Å². The summed E-state index contributed by atoms with van der Waals surface area (Å²) in [5, 5.41) is 4.24. The molecule has 0 atom stereocenters. The van der Waals surface area contributed by atoms with Crippen LogP contribution in [0.2, 0.25) is 0 Å². The first kappa shape index (κ1) is 31.4. The van der Waals surface area contributed by atoms with Crippen molar-refractivity contribution in [2.24, 2.45) is 0 Å². The highest BCUT2D eigenvalue weighted by atomic mass is 16.3. The maximum atomic E-state index is 6.93. The molecule has 0 N–H and O–H groups in total. The van der Waals surface area contributed by atoms with Gasteiger partial charge in [0.2, 0.25) is 0 Å². The predicted molar refractivity (Wildman–Crippen MR) is 223 cm³/mol. The number of aromatic nitrogens is 2. The Bertz CT molecular complexity index is 2870. The lowest BCUT2D eigenvalue weighted by atomic mass is 10.0. The zero-order valence-corrected chi connectivity index (χ0v) is 29.3. The number of hydrogen-bond donors (Lipinski definition) is 0. The molecule has 54 heavy (non-hydrogen) atoms. The standard InChI is InChI=1S/C50H33N3O/c1-5-16-34(17-6-1)37-23-15-26-41(30-37)53(40-24-11-4-12-25-40)46-31-38-22-13-14-27-42(38)49-48(46)43-29-28-39(32-47(43)54-49)50-51-44(35-18-7-2-8-19-35)33-45(52-50)36-20-9-3-10-21-36/h1-33H. The van der Waals surface area contributed by atoms with Crippen LogP contribution in [0.4, 0.5) is 17.1 Å². The largest absolute Gasteiger partial charge is 0.455 e. The van der Waals surface area contributed by atoms with Gasteiger partial charge in [-0.15, -0.1) is 0 Å². The van der Waals surface area contributed by atoms with E-state index in [1.165, 1.54) is 5.56 Å². The Balaban J connectivity index is 1.20. The molecule has 8 aromatic carbocycles. The third kappa shape index (κ3) is 5.67. The Kier molecular flexibility index (Phi) is 7.77. The minimum atomic E-state index is 0.645. The number of fused-ring (bicyclic) bond motifs is 5. The summed E-state index contributed by atoms with van der Waals surface area (Å²) in [6.07, 6.45) is 0. The van der Waals surface area contributed by atoms with E-state index in [0.29, 0.717) is 5.82 Å². The molecule has 0 bridgehead atoms. The highest BCUT2D eigenvalue weighted by Gasteiger charge is 2.23. The normalized spacial score (nSPS) is 11.3. The van der Waals surface area contributed by atoms with Crippen LogP contribution in [0.15, 0.2) is 205 Å². The Morgan fingerprint density at radius 3 is 1.65 bits per heavy atom. The number of nitrogens with zero attached hydrogens (tertiary/aromatic N) is 3. The molecule has 10 rings (SSSR count). The minimum Gasteiger partial charge on any atom is -0.455 e. The van der Waals surface area contributed by atoms with Crippen molar-refractivity contribution in [3.8, 4) is 45.0 Å². The van der Waals surface area contributed by atoms with Gasteiger partial charge in [0.05, 0.1) is 22.5 Å². The van der Waals surface area contributed by atoms with Crippen molar-refractivity contribution < 1.29 is 4.42 Å². The lowest BCUT2D eigenvalue weighted by Gasteiger charge is -2.27. The van der Waals surface area contributed by atoms with Crippen LogP contribution in [0.25, 0.3) is 77.7 Å². The fraction of sp³-hybridized carbons (Fsp3) is 0. The van der Waals surface area contributed by atoms with Gasteiger partial charge in [-0.3, -0.25) is 0 Å². The van der Waals surface area contributed by atoms with Crippen LogP contribution in [0.3, 0.4) is 0 Å². The van der Waals surface area contributed by atoms with Gasteiger partial charge in [-0.1, -0.05) is 152 Å². The van der Waals surface area contributed by atoms with Crippen molar-refractivity contribution in [1.82, 2.24) is 9.97 Å². The van der Waals surface area contributed by atoms with Crippen LogP contribution >= 0.6 is 0 Å². The maximum Gasteiger partial charge on any atom is 0.160 e. The Morgan fingerprint density at radius 1 is 0.389 bits per heavy atom. The average Bonchev–Trinajstić information content (AvgIpc) is 3.65. The molecule has 254 valence electrons. The Labute approximate surface area is 313 Å². The molecule has 0 amide bonds. The van der Waals surface area contributed by atoms with Gasteiger partial charge in [0.15, 0.2) is 5.82 Å². The van der Waals surface area contributed by atoms with Gasteiger partial charge in [-0.2, -0.15) is 0 Å². The van der Waals surface area contributed by atoms with Crippen molar-refractivity contribution in [1.29, 1.82) is 0 Å². The number of benzene rings is 8. The first-order valence-corrected chi connectivity index (χ1v) is 18.2. The van der Waals surface area contributed by atoms with E-state index in [-0.39, 0.29) is 0 Å². The second kappa shape index (κ2) is 13.4. The average molecular weight is 692 g/mol. The first-order chi connectivity index (χ1) is 26.8. The quantitative estimate of drug-likeness (QED) is 0.167. The maximum absolute atomic E-state index is 6.93. The molecule has 0 fully saturated rings. The molecule has 0 unspecified atom stereocenters. The van der Waals surface area contributed by atoms with Gasteiger partial charge < -0.3 is 9.32 Å². The predicted octanol–water partition coefficient (Wildman–Crippen LogP) is 13.7. The molecule has 0 radical (unpaired) electrons. The van der Waals surface area contributed by atoms with Crippen molar-refractivity contribution in [2.45, 2.75) is 0 Å². The van der Waals surface area contributed by atoms with Crippen molar-refractivity contribution in [3.05, 3.63) is 200 Å². The zero-order valence-electron chi connectivity index (χ0n) is 29.3. The molecule has 2 heterocycles. The van der Waals surface area contributed by atoms with E-state index in [1.807, 2.05) is 36.4 Å². The molecular weight excluding hydrogens is 659 g/mol. The van der Waals surface area contributed by atoms with E-state index in [4.69, 9.17) is 14.4 Å². The number of para-hydroxylation sites is 1. The van der Waals surface area contributed by atoms with E-state index in [2.05, 4.69) is 169 Å². The van der Waals surface area contributed by atoms with Crippen LogP contribution in [-0.4, -0.2) is 9.97 Å². The molecule has 0 saturated carbocycles. The number of anilines is 3. The third-order valence-corrected chi connectivity index (χ3v) is 10.0. The van der Waals surface area contributed by atoms with Gasteiger partial charge in [-0.25, -0.2) is 9.97 Å². The van der Waals surface area contributed by atoms with Gasteiger partial charge in [0.25, 0.3) is 0 Å². The van der Waals surface area contributed by atoms with E-state index >= 15 is 0 Å². The number of hydrogen-bond acceptors (Lipinski definition) is 4. The van der Waals surface area contributed by atoms with E-state index in [1.54, 1.807) is 0 Å². The highest BCUT2D eigenvalue weighted by molar-refractivity contribution is 6.22. The molecule has 0 aliphatic heterocycles. The van der Waals surface area contributed by atoms with Crippen LogP contribution in [0, 0.1) is 0 Å². The second-order valence-electron chi connectivity index (χ2n) is 13.4. The summed E-state index contributed by atoms with van der Waals surface area (Å²) in [6.45, 7) is 0. The summed E-state index contributed by atoms with van der Waals surface area (Å²) < 4.78 is 6.93. The molecule has 4 nitrogen and oxygen atoms in total. The Hall–Kier alpha value is -7.30. The minimum absolute atomic E-state index is 0.645. The SMILES string of the molecule is c1ccc(-c2cccc(N(c3ccccc3)c3cc4ccccc4c4oc5cc(-c6nc(-c7ccccc7)cc(-c7ccccc7)n6)ccc5c34)c2)cc1. The van der Waals surface area contributed by atoms with Gasteiger partial charge in [0, 0.05) is 38.8 Å². The fourth-order valence-corrected chi connectivity index (χ4v) is 7.45. The molecule has 0 spiro atoms. The molecule has 0 saturated heterocycles. The van der Waals surface area contributed by atoms with Crippen LogP contribution in [0.5, 0.6) is 0 Å². The van der Waals surface area contributed by atoms with Crippen LogP contribution in [-0.2, 0) is 0 Å². The van der Waals surface area contributed by atoms with Gasteiger partial charge in [0.1, 0.15) is 11.2 Å². The topological polar surface area (TPSA) is 42.2 Å². The summed E-state index contributed by atoms with van der Waals surface area (Å²) in [5.74, 6) is 0.645.